The molecule has 1 aliphatic rings. The predicted molar refractivity (Wildman–Crippen MR) is 72.6 cm³/mol. The summed E-state index contributed by atoms with van der Waals surface area (Å²) in [6.45, 7) is 0.553. The van der Waals surface area contributed by atoms with Crippen LogP contribution in [0.5, 0.6) is 0 Å². The third-order valence-corrected chi connectivity index (χ3v) is 3.63. The molecule has 120 valence electrons. The minimum Gasteiger partial charge on any atom is -0.352 e. The van der Waals surface area contributed by atoms with Gasteiger partial charge in [0.2, 0.25) is 0 Å². The Labute approximate surface area is 125 Å². The second kappa shape index (κ2) is 6.67. The number of likely N-dealkylation sites (tertiary alicyclic amines) is 1. The molecule has 1 unspecified atom stereocenters. The van der Waals surface area contributed by atoms with Crippen molar-refractivity contribution in [1.82, 2.24) is 10.2 Å². The number of urea groups is 1. The number of carbonyl (C=O) groups excluding carboxylic acids is 2. The summed E-state index contributed by atoms with van der Waals surface area (Å²) in [5.74, 6) is -5.03. The number of carbonyl (C=O) groups is 2. The highest BCUT2D eigenvalue weighted by molar-refractivity contribution is 5.94. The SMILES string of the molecule is NC(=O)NCC1CCCCN1C(=O)c1cc(F)c(F)c(F)c1. The lowest BCUT2D eigenvalue weighted by Gasteiger charge is -2.35. The van der Waals surface area contributed by atoms with Crippen molar-refractivity contribution in [2.24, 2.45) is 5.73 Å². The monoisotopic (exact) mass is 315 g/mol. The van der Waals surface area contributed by atoms with Gasteiger partial charge in [0.15, 0.2) is 17.5 Å². The zero-order chi connectivity index (χ0) is 16.3. The van der Waals surface area contributed by atoms with Gasteiger partial charge in [-0.15, -0.1) is 0 Å². The van der Waals surface area contributed by atoms with Crippen LogP contribution in [0.4, 0.5) is 18.0 Å². The summed E-state index contributed by atoms with van der Waals surface area (Å²) in [7, 11) is 0. The van der Waals surface area contributed by atoms with Gasteiger partial charge in [-0.05, 0) is 31.4 Å². The third kappa shape index (κ3) is 3.49. The molecule has 8 heteroatoms. The zero-order valence-corrected chi connectivity index (χ0v) is 11.7. The molecule has 0 radical (unpaired) electrons. The Morgan fingerprint density at radius 1 is 1.23 bits per heavy atom. The summed E-state index contributed by atoms with van der Waals surface area (Å²) in [6, 6.07) is 0.323. The lowest BCUT2D eigenvalue weighted by atomic mass is 10.0. The number of piperidine rings is 1. The fourth-order valence-electron chi connectivity index (χ4n) is 2.54. The number of nitrogens with one attached hydrogen (secondary N) is 1. The maximum absolute atomic E-state index is 13.3. The molecule has 0 aromatic heterocycles. The molecule has 2 rings (SSSR count). The van der Waals surface area contributed by atoms with Crippen molar-refractivity contribution in [2.75, 3.05) is 13.1 Å². The number of amides is 3. The number of nitrogens with zero attached hydrogens (tertiary/aromatic N) is 1. The Morgan fingerprint density at radius 3 is 2.45 bits per heavy atom. The quantitative estimate of drug-likeness (QED) is 0.834. The molecule has 1 aromatic carbocycles. The summed E-state index contributed by atoms with van der Waals surface area (Å²) in [5, 5.41) is 2.42. The normalized spacial score (nSPS) is 18.1. The Kier molecular flexibility index (Phi) is 4.89. The van der Waals surface area contributed by atoms with E-state index in [-0.39, 0.29) is 18.2 Å². The topological polar surface area (TPSA) is 75.4 Å². The van der Waals surface area contributed by atoms with Crippen LogP contribution < -0.4 is 11.1 Å². The van der Waals surface area contributed by atoms with Gasteiger partial charge in [0.1, 0.15) is 0 Å². The summed E-state index contributed by atoms with van der Waals surface area (Å²) in [6.07, 6.45) is 2.24. The second-order valence-electron chi connectivity index (χ2n) is 5.15. The molecule has 1 atom stereocenters. The van der Waals surface area contributed by atoms with Gasteiger partial charge in [-0.3, -0.25) is 4.79 Å². The van der Waals surface area contributed by atoms with E-state index in [4.69, 9.17) is 5.73 Å². The molecule has 0 bridgehead atoms. The predicted octanol–water partition coefficient (Wildman–Crippen LogP) is 1.77. The highest BCUT2D eigenvalue weighted by atomic mass is 19.2. The van der Waals surface area contributed by atoms with Gasteiger partial charge >= 0.3 is 6.03 Å². The van der Waals surface area contributed by atoms with Crippen molar-refractivity contribution in [3.05, 3.63) is 35.1 Å². The first-order valence-corrected chi connectivity index (χ1v) is 6.89. The molecule has 0 spiro atoms. The number of benzene rings is 1. The summed E-state index contributed by atoms with van der Waals surface area (Å²) in [5.41, 5.74) is 4.74. The number of hydrogen-bond donors (Lipinski definition) is 2. The van der Waals surface area contributed by atoms with E-state index in [2.05, 4.69) is 5.32 Å². The largest absolute Gasteiger partial charge is 0.352 e. The van der Waals surface area contributed by atoms with E-state index in [0.717, 1.165) is 12.8 Å². The minimum absolute atomic E-state index is 0.160. The molecular formula is C14H16F3N3O2. The van der Waals surface area contributed by atoms with Crippen LogP contribution in [0.25, 0.3) is 0 Å². The van der Waals surface area contributed by atoms with Crippen LogP contribution in [0.15, 0.2) is 12.1 Å². The van der Waals surface area contributed by atoms with Crippen LogP contribution in [0.3, 0.4) is 0 Å². The van der Waals surface area contributed by atoms with Gasteiger partial charge in [-0.2, -0.15) is 0 Å². The van der Waals surface area contributed by atoms with E-state index in [1.165, 1.54) is 4.90 Å². The highest BCUT2D eigenvalue weighted by Gasteiger charge is 2.28. The van der Waals surface area contributed by atoms with Crippen molar-refractivity contribution in [2.45, 2.75) is 25.3 Å². The molecular weight excluding hydrogens is 299 g/mol. The first kappa shape index (κ1) is 16.1. The summed E-state index contributed by atoms with van der Waals surface area (Å²) < 4.78 is 39.5. The summed E-state index contributed by atoms with van der Waals surface area (Å²) >= 11 is 0. The lowest BCUT2D eigenvalue weighted by molar-refractivity contribution is 0.0614. The number of hydrogen-bond acceptors (Lipinski definition) is 2. The molecule has 1 aliphatic heterocycles. The van der Waals surface area contributed by atoms with Crippen LogP contribution in [-0.4, -0.2) is 36.0 Å². The minimum atomic E-state index is -1.61. The van der Waals surface area contributed by atoms with Crippen molar-refractivity contribution in [1.29, 1.82) is 0 Å². The van der Waals surface area contributed by atoms with E-state index in [1.54, 1.807) is 0 Å². The molecule has 5 nitrogen and oxygen atoms in total. The van der Waals surface area contributed by atoms with E-state index in [0.29, 0.717) is 25.1 Å². The van der Waals surface area contributed by atoms with Crippen molar-refractivity contribution >= 4 is 11.9 Å². The van der Waals surface area contributed by atoms with Crippen molar-refractivity contribution < 1.29 is 22.8 Å². The Morgan fingerprint density at radius 2 is 1.86 bits per heavy atom. The first-order valence-electron chi connectivity index (χ1n) is 6.89. The Balaban J connectivity index is 2.20. The van der Waals surface area contributed by atoms with E-state index >= 15 is 0 Å². The van der Waals surface area contributed by atoms with Gasteiger partial charge < -0.3 is 16.0 Å². The Hall–Kier alpha value is -2.25. The number of primary amides is 1. The highest BCUT2D eigenvalue weighted by Crippen LogP contribution is 2.21. The van der Waals surface area contributed by atoms with Gasteiger partial charge in [-0.25, -0.2) is 18.0 Å². The number of halogens is 3. The van der Waals surface area contributed by atoms with Gasteiger partial charge in [0.05, 0.1) is 0 Å². The standard InChI is InChI=1S/C14H16F3N3O2/c15-10-5-8(6-11(16)12(10)17)13(21)20-4-2-1-3-9(20)7-19-14(18)22/h5-6,9H,1-4,7H2,(H3,18,19,22). The van der Waals surface area contributed by atoms with Crippen LogP contribution in [0, 0.1) is 17.5 Å². The molecule has 1 aromatic rings. The molecule has 0 saturated carbocycles. The smallest absolute Gasteiger partial charge is 0.312 e. The molecule has 0 aliphatic carbocycles. The fourth-order valence-corrected chi connectivity index (χ4v) is 2.54. The lowest BCUT2D eigenvalue weighted by Crippen LogP contribution is -2.50. The first-order chi connectivity index (χ1) is 10.4. The molecule has 3 N–H and O–H groups in total. The van der Waals surface area contributed by atoms with E-state index < -0.39 is 29.4 Å². The Bertz CT molecular complexity index is 572. The fraction of sp³-hybridized carbons (Fsp3) is 0.429. The molecule has 3 amide bonds. The third-order valence-electron chi connectivity index (χ3n) is 3.63. The molecule has 1 heterocycles. The molecule has 1 fully saturated rings. The molecule has 1 saturated heterocycles. The summed E-state index contributed by atoms with van der Waals surface area (Å²) in [4.78, 5) is 24.6. The van der Waals surface area contributed by atoms with E-state index in [9.17, 15) is 22.8 Å². The van der Waals surface area contributed by atoms with Gasteiger partial charge in [0, 0.05) is 24.7 Å². The van der Waals surface area contributed by atoms with Crippen LogP contribution in [-0.2, 0) is 0 Å². The van der Waals surface area contributed by atoms with Gasteiger partial charge in [0.25, 0.3) is 5.91 Å². The van der Waals surface area contributed by atoms with E-state index in [1.807, 2.05) is 0 Å². The molecule has 22 heavy (non-hydrogen) atoms. The van der Waals surface area contributed by atoms with Crippen molar-refractivity contribution in [3.63, 3.8) is 0 Å². The van der Waals surface area contributed by atoms with Crippen LogP contribution in [0.2, 0.25) is 0 Å². The number of rotatable bonds is 3. The average molecular weight is 315 g/mol. The van der Waals surface area contributed by atoms with Crippen molar-refractivity contribution in [3.8, 4) is 0 Å². The second-order valence-corrected chi connectivity index (χ2v) is 5.15. The van der Waals surface area contributed by atoms with Gasteiger partial charge in [-0.1, -0.05) is 0 Å². The number of nitrogens with two attached hydrogens (primary N) is 1. The maximum atomic E-state index is 13.3. The maximum Gasteiger partial charge on any atom is 0.312 e. The average Bonchev–Trinajstić information content (AvgIpc) is 2.49. The zero-order valence-electron chi connectivity index (χ0n) is 11.7. The van der Waals surface area contributed by atoms with Crippen LogP contribution in [0.1, 0.15) is 29.6 Å². The van der Waals surface area contributed by atoms with Crippen LogP contribution >= 0.6 is 0 Å².